The Kier molecular flexibility index (Phi) is 2.56. The summed E-state index contributed by atoms with van der Waals surface area (Å²) in [5.41, 5.74) is 1.36. The van der Waals surface area contributed by atoms with E-state index in [2.05, 4.69) is 10.3 Å². The van der Waals surface area contributed by atoms with Crippen LogP contribution in [0.1, 0.15) is 10.4 Å². The summed E-state index contributed by atoms with van der Waals surface area (Å²) in [6, 6.07) is 7.16. The number of pyridine rings is 1. The standard InChI is InChI=1S/C11H9ClN2O/c1-13-11(15)8-4-7-5-9(12)2-3-10(7)14-6-8/h2-6H,1H3,(H,13,15). The zero-order chi connectivity index (χ0) is 10.8. The highest BCUT2D eigenvalue weighted by molar-refractivity contribution is 6.31. The summed E-state index contributed by atoms with van der Waals surface area (Å²) in [7, 11) is 1.59. The molecule has 3 nitrogen and oxygen atoms in total. The van der Waals surface area contributed by atoms with Gasteiger partial charge in [0, 0.05) is 23.7 Å². The molecule has 4 heteroatoms. The normalized spacial score (nSPS) is 10.3. The Balaban J connectivity index is 2.59. The van der Waals surface area contributed by atoms with Gasteiger partial charge < -0.3 is 5.32 Å². The minimum Gasteiger partial charge on any atom is -0.355 e. The highest BCUT2D eigenvalue weighted by atomic mass is 35.5. The van der Waals surface area contributed by atoms with Gasteiger partial charge in [-0.2, -0.15) is 0 Å². The summed E-state index contributed by atoms with van der Waals surface area (Å²) in [4.78, 5) is 15.5. The highest BCUT2D eigenvalue weighted by Gasteiger charge is 2.04. The van der Waals surface area contributed by atoms with Gasteiger partial charge in [0.25, 0.3) is 5.91 Å². The van der Waals surface area contributed by atoms with E-state index in [1.807, 2.05) is 6.07 Å². The molecule has 76 valence electrons. The van der Waals surface area contributed by atoms with Crippen molar-refractivity contribution in [1.29, 1.82) is 0 Å². The molecule has 1 amide bonds. The largest absolute Gasteiger partial charge is 0.355 e. The van der Waals surface area contributed by atoms with E-state index >= 15 is 0 Å². The maximum atomic E-state index is 11.4. The SMILES string of the molecule is CNC(=O)c1cnc2ccc(Cl)cc2c1. The maximum Gasteiger partial charge on any atom is 0.252 e. The Morgan fingerprint density at radius 1 is 1.40 bits per heavy atom. The smallest absolute Gasteiger partial charge is 0.252 e. The van der Waals surface area contributed by atoms with Gasteiger partial charge in [-0.25, -0.2) is 0 Å². The lowest BCUT2D eigenvalue weighted by Gasteiger charge is -2.01. The van der Waals surface area contributed by atoms with Gasteiger partial charge in [-0.3, -0.25) is 9.78 Å². The van der Waals surface area contributed by atoms with Gasteiger partial charge >= 0.3 is 0 Å². The molecule has 15 heavy (non-hydrogen) atoms. The van der Waals surface area contributed by atoms with Crippen LogP contribution in [0.15, 0.2) is 30.5 Å². The van der Waals surface area contributed by atoms with E-state index in [-0.39, 0.29) is 5.91 Å². The first-order valence-corrected chi connectivity index (χ1v) is 4.86. The van der Waals surface area contributed by atoms with Gasteiger partial charge in [0.1, 0.15) is 0 Å². The molecular weight excluding hydrogens is 212 g/mol. The molecule has 0 fully saturated rings. The van der Waals surface area contributed by atoms with Crippen molar-refractivity contribution in [2.75, 3.05) is 7.05 Å². The fourth-order valence-corrected chi connectivity index (χ4v) is 1.55. The van der Waals surface area contributed by atoms with Gasteiger partial charge in [0.2, 0.25) is 0 Å². The Labute approximate surface area is 92.1 Å². The van der Waals surface area contributed by atoms with Crippen LogP contribution in [0.3, 0.4) is 0 Å². The molecule has 1 heterocycles. The number of hydrogen-bond acceptors (Lipinski definition) is 2. The van der Waals surface area contributed by atoms with E-state index in [0.717, 1.165) is 10.9 Å². The lowest BCUT2D eigenvalue weighted by Crippen LogP contribution is -2.17. The van der Waals surface area contributed by atoms with Crippen LogP contribution in [0, 0.1) is 0 Å². The van der Waals surface area contributed by atoms with Crippen molar-refractivity contribution in [3.05, 3.63) is 41.0 Å². The summed E-state index contributed by atoms with van der Waals surface area (Å²) < 4.78 is 0. The lowest BCUT2D eigenvalue weighted by molar-refractivity contribution is 0.0963. The predicted octanol–water partition coefficient (Wildman–Crippen LogP) is 2.25. The Morgan fingerprint density at radius 3 is 2.93 bits per heavy atom. The van der Waals surface area contributed by atoms with Crippen molar-refractivity contribution in [1.82, 2.24) is 10.3 Å². The van der Waals surface area contributed by atoms with Crippen molar-refractivity contribution in [3.63, 3.8) is 0 Å². The van der Waals surface area contributed by atoms with Gasteiger partial charge in [0.05, 0.1) is 11.1 Å². The molecule has 1 aromatic carbocycles. The molecule has 0 aliphatic heterocycles. The molecule has 0 unspecified atom stereocenters. The van der Waals surface area contributed by atoms with E-state index in [0.29, 0.717) is 10.6 Å². The number of carbonyl (C=O) groups excluding carboxylic acids is 1. The number of benzene rings is 1. The van der Waals surface area contributed by atoms with Crippen molar-refractivity contribution in [2.24, 2.45) is 0 Å². The van der Waals surface area contributed by atoms with E-state index in [1.54, 1.807) is 31.4 Å². The molecule has 2 aromatic rings. The molecule has 0 radical (unpaired) electrons. The van der Waals surface area contributed by atoms with Crippen molar-refractivity contribution in [3.8, 4) is 0 Å². The highest BCUT2D eigenvalue weighted by Crippen LogP contribution is 2.18. The van der Waals surface area contributed by atoms with Crippen molar-refractivity contribution < 1.29 is 4.79 Å². The van der Waals surface area contributed by atoms with Crippen LogP contribution in [-0.4, -0.2) is 17.9 Å². The first-order chi connectivity index (χ1) is 7.20. The van der Waals surface area contributed by atoms with Crippen LogP contribution in [0.2, 0.25) is 5.02 Å². The Bertz CT molecular complexity index is 525. The van der Waals surface area contributed by atoms with Crippen LogP contribution in [-0.2, 0) is 0 Å². The summed E-state index contributed by atoms with van der Waals surface area (Å²) >= 11 is 5.86. The average molecular weight is 221 g/mol. The monoisotopic (exact) mass is 220 g/mol. The third-order valence-electron chi connectivity index (χ3n) is 2.13. The van der Waals surface area contributed by atoms with Crippen LogP contribution in [0.4, 0.5) is 0 Å². The molecule has 1 aromatic heterocycles. The molecule has 2 rings (SSSR count). The number of aromatic nitrogens is 1. The third-order valence-corrected chi connectivity index (χ3v) is 2.37. The second-order valence-electron chi connectivity index (χ2n) is 3.14. The molecule has 0 bridgehead atoms. The number of nitrogens with zero attached hydrogens (tertiary/aromatic N) is 1. The molecule has 0 aliphatic rings. The number of amides is 1. The third kappa shape index (κ3) is 1.92. The fourth-order valence-electron chi connectivity index (χ4n) is 1.37. The zero-order valence-corrected chi connectivity index (χ0v) is 8.88. The minimum atomic E-state index is -0.149. The summed E-state index contributed by atoms with van der Waals surface area (Å²) in [6.07, 6.45) is 1.55. The zero-order valence-electron chi connectivity index (χ0n) is 8.12. The van der Waals surface area contributed by atoms with Crippen LogP contribution in [0.5, 0.6) is 0 Å². The van der Waals surface area contributed by atoms with Crippen molar-refractivity contribution >= 4 is 28.4 Å². The quantitative estimate of drug-likeness (QED) is 0.801. The van der Waals surface area contributed by atoms with Crippen LogP contribution < -0.4 is 5.32 Å². The predicted molar refractivity (Wildman–Crippen MR) is 60.1 cm³/mol. The average Bonchev–Trinajstić information content (AvgIpc) is 2.27. The second-order valence-corrected chi connectivity index (χ2v) is 3.58. The topological polar surface area (TPSA) is 42.0 Å². The van der Waals surface area contributed by atoms with Crippen molar-refractivity contribution in [2.45, 2.75) is 0 Å². The number of hydrogen-bond donors (Lipinski definition) is 1. The molecule has 0 atom stereocenters. The molecule has 1 N–H and O–H groups in total. The number of rotatable bonds is 1. The van der Waals surface area contributed by atoms with Crippen LogP contribution in [0.25, 0.3) is 10.9 Å². The van der Waals surface area contributed by atoms with E-state index in [4.69, 9.17) is 11.6 Å². The summed E-state index contributed by atoms with van der Waals surface area (Å²) in [5.74, 6) is -0.149. The van der Waals surface area contributed by atoms with E-state index in [1.165, 1.54) is 0 Å². The second kappa shape index (κ2) is 3.87. The number of nitrogens with one attached hydrogen (secondary N) is 1. The fraction of sp³-hybridized carbons (Fsp3) is 0.0909. The molecule has 0 aliphatic carbocycles. The first kappa shape index (κ1) is 9.93. The van der Waals surface area contributed by atoms with E-state index < -0.39 is 0 Å². The minimum absolute atomic E-state index is 0.149. The van der Waals surface area contributed by atoms with Gasteiger partial charge in [-0.1, -0.05) is 11.6 Å². The van der Waals surface area contributed by atoms with Gasteiger partial charge in [-0.05, 0) is 24.3 Å². The lowest BCUT2D eigenvalue weighted by atomic mass is 10.1. The Morgan fingerprint density at radius 2 is 2.20 bits per heavy atom. The Hall–Kier alpha value is -1.61. The summed E-state index contributed by atoms with van der Waals surface area (Å²) in [6.45, 7) is 0. The number of fused-ring (bicyclic) bond motifs is 1. The first-order valence-electron chi connectivity index (χ1n) is 4.48. The number of carbonyl (C=O) groups is 1. The summed E-state index contributed by atoms with van der Waals surface area (Å²) in [5, 5.41) is 4.05. The van der Waals surface area contributed by atoms with Gasteiger partial charge in [0.15, 0.2) is 0 Å². The molecule has 0 saturated carbocycles. The molecular formula is C11H9ClN2O. The van der Waals surface area contributed by atoms with E-state index in [9.17, 15) is 4.79 Å². The number of halogens is 1. The molecule has 0 spiro atoms. The van der Waals surface area contributed by atoms with Gasteiger partial charge in [-0.15, -0.1) is 0 Å². The molecule has 0 saturated heterocycles. The maximum absolute atomic E-state index is 11.4. The van der Waals surface area contributed by atoms with Crippen LogP contribution >= 0.6 is 11.6 Å².